The number of likely N-dealkylation sites (tertiary alicyclic amines) is 1. The van der Waals surface area contributed by atoms with Crippen molar-refractivity contribution in [1.29, 1.82) is 0 Å². The first-order valence-electron chi connectivity index (χ1n) is 11.5. The summed E-state index contributed by atoms with van der Waals surface area (Å²) in [6, 6.07) is 13.4. The molecular formula is C27H34FNO4. The number of halogens is 1. The largest absolute Gasteiger partial charge is 0.466 e. The average molecular weight is 456 g/mol. The minimum Gasteiger partial charge on any atom is -0.466 e. The highest BCUT2D eigenvalue weighted by Crippen LogP contribution is 2.24. The molecule has 33 heavy (non-hydrogen) atoms. The van der Waals surface area contributed by atoms with Crippen LogP contribution in [-0.2, 0) is 20.7 Å². The fraction of sp³-hybridized carbons (Fsp3) is 0.444. The third-order valence-corrected chi connectivity index (χ3v) is 6.22. The van der Waals surface area contributed by atoms with E-state index in [1.54, 1.807) is 19.1 Å². The van der Waals surface area contributed by atoms with E-state index >= 15 is 0 Å². The van der Waals surface area contributed by atoms with Crippen LogP contribution in [0.3, 0.4) is 0 Å². The third kappa shape index (κ3) is 7.22. The predicted molar refractivity (Wildman–Crippen MR) is 127 cm³/mol. The second kappa shape index (κ2) is 12.1. The van der Waals surface area contributed by atoms with E-state index in [2.05, 4.69) is 9.64 Å². The Labute approximate surface area is 195 Å². The number of β-amino-alcohol motifs (C(OH)–C–C–N with tert-alkyl or cyclic N) is 1. The molecular weight excluding hydrogens is 421 g/mol. The van der Waals surface area contributed by atoms with E-state index < -0.39 is 12.1 Å². The van der Waals surface area contributed by atoms with Crippen LogP contribution in [-0.4, -0.2) is 54.9 Å². The monoisotopic (exact) mass is 455 g/mol. The molecule has 0 unspecified atom stereocenters. The maximum absolute atomic E-state index is 13.9. The van der Waals surface area contributed by atoms with Gasteiger partial charge in [-0.2, -0.15) is 0 Å². The Morgan fingerprint density at radius 1 is 1.30 bits per heavy atom. The molecule has 1 aliphatic rings. The van der Waals surface area contributed by atoms with E-state index in [4.69, 9.17) is 4.74 Å². The fourth-order valence-corrected chi connectivity index (χ4v) is 4.33. The third-order valence-electron chi connectivity index (χ3n) is 6.22. The van der Waals surface area contributed by atoms with Gasteiger partial charge in [-0.15, -0.1) is 0 Å². The van der Waals surface area contributed by atoms with Gasteiger partial charge in [0.25, 0.3) is 0 Å². The van der Waals surface area contributed by atoms with Crippen LogP contribution in [0.1, 0.15) is 48.1 Å². The molecule has 0 amide bonds. The lowest BCUT2D eigenvalue weighted by molar-refractivity contribution is -0.134. The SMILES string of the molecule is COC(=O)/C=C/c1ccccc1[C@@H](C)OC[C@H](O)CN1CCC[C@H]1Cc1ccc(C)c(F)c1. The number of esters is 1. The van der Waals surface area contributed by atoms with Crippen molar-refractivity contribution in [3.8, 4) is 0 Å². The van der Waals surface area contributed by atoms with E-state index in [0.717, 1.165) is 42.5 Å². The van der Waals surface area contributed by atoms with E-state index in [1.165, 1.54) is 13.2 Å². The lowest BCUT2D eigenvalue weighted by atomic mass is 10.0. The van der Waals surface area contributed by atoms with Crippen LogP contribution >= 0.6 is 0 Å². The Morgan fingerprint density at radius 3 is 2.85 bits per heavy atom. The summed E-state index contributed by atoms with van der Waals surface area (Å²) in [6.45, 7) is 5.36. The molecule has 0 bridgehead atoms. The molecule has 0 aliphatic carbocycles. The summed E-state index contributed by atoms with van der Waals surface area (Å²) < 4.78 is 24.6. The number of carbonyl (C=O) groups is 1. The summed E-state index contributed by atoms with van der Waals surface area (Å²) >= 11 is 0. The highest BCUT2D eigenvalue weighted by molar-refractivity contribution is 5.87. The number of benzene rings is 2. The molecule has 1 saturated heterocycles. The Balaban J connectivity index is 1.53. The second-order valence-electron chi connectivity index (χ2n) is 8.69. The summed E-state index contributed by atoms with van der Waals surface area (Å²) in [5, 5.41) is 10.6. The van der Waals surface area contributed by atoms with Crippen molar-refractivity contribution < 1.29 is 23.8 Å². The summed E-state index contributed by atoms with van der Waals surface area (Å²) in [7, 11) is 1.34. The summed E-state index contributed by atoms with van der Waals surface area (Å²) in [5.74, 6) is -0.580. The Hall–Kier alpha value is -2.54. The molecule has 6 heteroatoms. The normalized spacial score (nSPS) is 18.5. The van der Waals surface area contributed by atoms with Gasteiger partial charge in [0.15, 0.2) is 0 Å². The summed E-state index contributed by atoms with van der Waals surface area (Å²) in [6.07, 6.45) is 5.11. The molecule has 3 atom stereocenters. The number of aliphatic hydroxyl groups is 1. The van der Waals surface area contributed by atoms with Crippen LogP contribution in [0.2, 0.25) is 0 Å². The van der Waals surface area contributed by atoms with Crippen LogP contribution in [0.5, 0.6) is 0 Å². The molecule has 0 saturated carbocycles. The van der Waals surface area contributed by atoms with Crippen molar-refractivity contribution in [2.75, 3.05) is 26.8 Å². The van der Waals surface area contributed by atoms with E-state index in [1.807, 2.05) is 43.3 Å². The molecule has 1 aliphatic heterocycles. The van der Waals surface area contributed by atoms with Gasteiger partial charge >= 0.3 is 5.97 Å². The van der Waals surface area contributed by atoms with Crippen molar-refractivity contribution in [3.05, 3.63) is 76.6 Å². The van der Waals surface area contributed by atoms with Gasteiger partial charge in [-0.05, 0) is 74.1 Å². The molecule has 0 radical (unpaired) electrons. The Morgan fingerprint density at radius 2 is 2.09 bits per heavy atom. The predicted octanol–water partition coefficient (Wildman–Crippen LogP) is 4.47. The van der Waals surface area contributed by atoms with Crippen LogP contribution in [0.4, 0.5) is 4.39 Å². The fourth-order valence-electron chi connectivity index (χ4n) is 4.33. The van der Waals surface area contributed by atoms with E-state index in [9.17, 15) is 14.3 Å². The number of carbonyl (C=O) groups excluding carboxylic acids is 1. The van der Waals surface area contributed by atoms with Crippen LogP contribution < -0.4 is 0 Å². The molecule has 0 spiro atoms. The zero-order valence-corrected chi connectivity index (χ0v) is 19.7. The smallest absolute Gasteiger partial charge is 0.330 e. The van der Waals surface area contributed by atoms with Crippen LogP contribution in [0.15, 0.2) is 48.5 Å². The lowest BCUT2D eigenvalue weighted by Gasteiger charge is -2.27. The van der Waals surface area contributed by atoms with Gasteiger partial charge in [-0.3, -0.25) is 4.90 Å². The van der Waals surface area contributed by atoms with Gasteiger partial charge in [0.05, 0.1) is 25.9 Å². The second-order valence-corrected chi connectivity index (χ2v) is 8.69. The van der Waals surface area contributed by atoms with Gasteiger partial charge in [0.2, 0.25) is 0 Å². The number of nitrogens with zero attached hydrogens (tertiary/aromatic N) is 1. The molecule has 3 rings (SSSR count). The van der Waals surface area contributed by atoms with E-state index in [-0.39, 0.29) is 18.5 Å². The van der Waals surface area contributed by atoms with Crippen molar-refractivity contribution in [1.82, 2.24) is 4.90 Å². The van der Waals surface area contributed by atoms with Gasteiger partial charge in [-0.25, -0.2) is 9.18 Å². The highest BCUT2D eigenvalue weighted by atomic mass is 19.1. The van der Waals surface area contributed by atoms with Gasteiger partial charge in [0.1, 0.15) is 5.82 Å². The van der Waals surface area contributed by atoms with Gasteiger partial charge in [-0.1, -0.05) is 36.4 Å². The number of aryl methyl sites for hydroxylation is 1. The number of hydrogen-bond acceptors (Lipinski definition) is 5. The standard InChI is InChI=1S/C27H34FNO4/c1-19-10-11-21(16-26(19)28)15-23-8-6-14-29(23)17-24(30)18-33-20(2)25-9-5-4-7-22(25)12-13-27(31)32-3/h4-5,7,9-13,16,20,23-24,30H,6,8,14-15,17-18H2,1-3H3/b13-12+/t20-,23+,24-/m1/s1. The molecule has 1 heterocycles. The zero-order valence-electron chi connectivity index (χ0n) is 19.7. The Kier molecular flexibility index (Phi) is 9.18. The molecule has 0 aromatic heterocycles. The van der Waals surface area contributed by atoms with Crippen molar-refractivity contribution in [3.63, 3.8) is 0 Å². The Bertz CT molecular complexity index is 961. The lowest BCUT2D eigenvalue weighted by Crippen LogP contribution is -2.39. The maximum atomic E-state index is 13.9. The van der Waals surface area contributed by atoms with Crippen molar-refractivity contribution in [2.45, 2.75) is 51.4 Å². The van der Waals surface area contributed by atoms with Gasteiger partial charge < -0.3 is 14.6 Å². The summed E-state index contributed by atoms with van der Waals surface area (Å²) in [4.78, 5) is 13.7. The number of rotatable bonds is 10. The maximum Gasteiger partial charge on any atom is 0.330 e. The van der Waals surface area contributed by atoms with Crippen molar-refractivity contribution in [2.24, 2.45) is 0 Å². The number of hydrogen-bond donors (Lipinski definition) is 1. The molecule has 1 fully saturated rings. The van der Waals surface area contributed by atoms with Crippen molar-refractivity contribution >= 4 is 12.0 Å². The topological polar surface area (TPSA) is 59.0 Å². The summed E-state index contributed by atoms with van der Waals surface area (Å²) in [5.41, 5.74) is 3.46. The molecule has 178 valence electrons. The van der Waals surface area contributed by atoms with Gasteiger partial charge in [0, 0.05) is 18.7 Å². The number of aliphatic hydroxyl groups excluding tert-OH is 1. The molecule has 1 N–H and O–H groups in total. The minimum atomic E-state index is -0.624. The number of methoxy groups -OCH3 is 1. The van der Waals surface area contributed by atoms with Crippen LogP contribution in [0, 0.1) is 12.7 Å². The average Bonchev–Trinajstić information content (AvgIpc) is 3.24. The van der Waals surface area contributed by atoms with Crippen LogP contribution in [0.25, 0.3) is 6.08 Å². The quantitative estimate of drug-likeness (QED) is 0.423. The molecule has 2 aromatic rings. The number of ether oxygens (including phenoxy) is 2. The zero-order chi connectivity index (χ0) is 23.8. The first-order valence-corrected chi connectivity index (χ1v) is 11.5. The molecule has 2 aromatic carbocycles. The first-order chi connectivity index (χ1) is 15.9. The molecule has 5 nitrogen and oxygen atoms in total. The van der Waals surface area contributed by atoms with E-state index in [0.29, 0.717) is 18.2 Å². The highest BCUT2D eigenvalue weighted by Gasteiger charge is 2.27. The first kappa shape index (κ1) is 25.1. The minimum absolute atomic E-state index is 0.166.